The lowest BCUT2D eigenvalue weighted by Gasteiger charge is -2.40. The number of piperazine rings is 1. The van der Waals surface area contributed by atoms with Crippen molar-refractivity contribution >= 4 is 0 Å². The first-order valence-corrected chi connectivity index (χ1v) is 8.86. The van der Waals surface area contributed by atoms with Crippen molar-refractivity contribution < 1.29 is 0 Å². The molecule has 2 nitrogen and oxygen atoms in total. The van der Waals surface area contributed by atoms with Crippen LogP contribution in [0.1, 0.15) is 50.6 Å². The van der Waals surface area contributed by atoms with E-state index in [1.807, 2.05) is 0 Å². The van der Waals surface area contributed by atoms with Crippen LogP contribution in [0.5, 0.6) is 0 Å². The minimum absolute atomic E-state index is 0.573. The number of hydrogen-bond acceptors (Lipinski definition) is 2. The first kappa shape index (κ1) is 15.1. The van der Waals surface area contributed by atoms with Gasteiger partial charge >= 0.3 is 0 Å². The molecule has 1 heterocycles. The summed E-state index contributed by atoms with van der Waals surface area (Å²) >= 11 is 0. The van der Waals surface area contributed by atoms with Crippen molar-refractivity contribution in [2.24, 2.45) is 11.8 Å². The molecule has 1 aromatic rings. The highest BCUT2D eigenvalue weighted by Crippen LogP contribution is 2.33. The molecule has 1 unspecified atom stereocenters. The van der Waals surface area contributed by atoms with Gasteiger partial charge in [0, 0.05) is 32.2 Å². The smallest absolute Gasteiger partial charge is 0.0473 e. The summed E-state index contributed by atoms with van der Waals surface area (Å²) in [5.41, 5.74) is 1.48. The molecule has 1 saturated heterocycles. The predicted octanol–water partition coefficient (Wildman–Crippen LogP) is 3.85. The van der Waals surface area contributed by atoms with Crippen LogP contribution in [-0.2, 0) is 0 Å². The Kier molecular flexibility index (Phi) is 5.32. The zero-order chi connectivity index (χ0) is 14.5. The quantitative estimate of drug-likeness (QED) is 0.904. The monoisotopic (exact) mass is 286 g/mol. The van der Waals surface area contributed by atoms with Gasteiger partial charge in [0.15, 0.2) is 0 Å². The van der Waals surface area contributed by atoms with E-state index in [-0.39, 0.29) is 0 Å². The second-order valence-electron chi connectivity index (χ2n) is 6.92. The Morgan fingerprint density at radius 2 is 1.76 bits per heavy atom. The Bertz CT molecular complexity index is 409. The molecule has 1 aliphatic heterocycles. The molecule has 3 rings (SSSR count). The standard InChI is InChI=1S/C19H30N2/c1-2-16-8-10-17(11-9-16)15-21-13-12-20-14-19(21)18-6-4-3-5-7-18/h3-7,16-17,19-20H,2,8-15H2,1H3. The molecule has 0 radical (unpaired) electrons. The van der Waals surface area contributed by atoms with Crippen LogP contribution in [-0.4, -0.2) is 31.1 Å². The fourth-order valence-corrected chi connectivity index (χ4v) is 4.12. The average Bonchev–Trinajstić information content (AvgIpc) is 2.57. The fourth-order valence-electron chi connectivity index (χ4n) is 4.12. The van der Waals surface area contributed by atoms with Gasteiger partial charge in [0.1, 0.15) is 0 Å². The fraction of sp³-hybridized carbons (Fsp3) is 0.684. The maximum Gasteiger partial charge on any atom is 0.0473 e. The minimum Gasteiger partial charge on any atom is -0.314 e. The van der Waals surface area contributed by atoms with Crippen LogP contribution in [0.4, 0.5) is 0 Å². The largest absolute Gasteiger partial charge is 0.314 e. The second-order valence-corrected chi connectivity index (χ2v) is 6.92. The Balaban J connectivity index is 1.60. The molecule has 1 saturated carbocycles. The third-order valence-corrected chi connectivity index (χ3v) is 5.57. The molecule has 0 spiro atoms. The van der Waals surface area contributed by atoms with E-state index in [2.05, 4.69) is 47.5 Å². The van der Waals surface area contributed by atoms with Crippen LogP contribution in [0.25, 0.3) is 0 Å². The molecule has 0 bridgehead atoms. The van der Waals surface area contributed by atoms with E-state index in [9.17, 15) is 0 Å². The lowest BCUT2D eigenvalue weighted by molar-refractivity contribution is 0.115. The van der Waals surface area contributed by atoms with Gasteiger partial charge in [-0.05, 0) is 30.2 Å². The SMILES string of the molecule is CCC1CCC(CN2CCNCC2c2ccccc2)CC1. The maximum atomic E-state index is 3.58. The van der Waals surface area contributed by atoms with E-state index >= 15 is 0 Å². The molecular formula is C19H30N2. The van der Waals surface area contributed by atoms with Crippen LogP contribution in [0, 0.1) is 11.8 Å². The van der Waals surface area contributed by atoms with Crippen LogP contribution in [0.3, 0.4) is 0 Å². The van der Waals surface area contributed by atoms with E-state index in [0.717, 1.165) is 24.9 Å². The Morgan fingerprint density at radius 1 is 1.05 bits per heavy atom. The van der Waals surface area contributed by atoms with E-state index in [0.29, 0.717) is 6.04 Å². The third-order valence-electron chi connectivity index (χ3n) is 5.57. The van der Waals surface area contributed by atoms with Crippen molar-refractivity contribution in [3.63, 3.8) is 0 Å². The molecule has 1 aliphatic carbocycles. The molecule has 21 heavy (non-hydrogen) atoms. The lowest BCUT2D eigenvalue weighted by atomic mass is 9.80. The normalized spacial score (nSPS) is 31.2. The van der Waals surface area contributed by atoms with E-state index in [1.54, 1.807) is 0 Å². The highest BCUT2D eigenvalue weighted by atomic mass is 15.2. The number of benzene rings is 1. The van der Waals surface area contributed by atoms with Crippen LogP contribution < -0.4 is 5.32 Å². The predicted molar refractivity (Wildman–Crippen MR) is 89.4 cm³/mol. The summed E-state index contributed by atoms with van der Waals surface area (Å²) < 4.78 is 0. The van der Waals surface area contributed by atoms with Gasteiger partial charge in [-0.1, -0.05) is 56.5 Å². The van der Waals surface area contributed by atoms with Gasteiger partial charge in [0.25, 0.3) is 0 Å². The molecule has 0 amide bonds. The first-order chi connectivity index (χ1) is 10.4. The summed E-state index contributed by atoms with van der Waals surface area (Å²) in [6.45, 7) is 7.11. The zero-order valence-corrected chi connectivity index (χ0v) is 13.4. The molecule has 1 N–H and O–H groups in total. The molecule has 0 aromatic heterocycles. The third kappa shape index (κ3) is 3.87. The molecule has 1 atom stereocenters. The summed E-state index contributed by atoms with van der Waals surface area (Å²) in [4.78, 5) is 2.74. The Morgan fingerprint density at radius 3 is 2.48 bits per heavy atom. The van der Waals surface area contributed by atoms with Crippen LogP contribution in [0.2, 0.25) is 0 Å². The molecule has 116 valence electrons. The van der Waals surface area contributed by atoms with E-state index in [4.69, 9.17) is 0 Å². The van der Waals surface area contributed by atoms with Gasteiger partial charge in [-0.2, -0.15) is 0 Å². The maximum absolute atomic E-state index is 3.58. The van der Waals surface area contributed by atoms with Gasteiger partial charge < -0.3 is 5.32 Å². The number of hydrogen-bond donors (Lipinski definition) is 1. The van der Waals surface area contributed by atoms with Crippen LogP contribution in [0.15, 0.2) is 30.3 Å². The van der Waals surface area contributed by atoms with E-state index in [1.165, 1.54) is 50.8 Å². The number of nitrogens with one attached hydrogen (secondary N) is 1. The summed E-state index contributed by atoms with van der Waals surface area (Å²) in [7, 11) is 0. The lowest BCUT2D eigenvalue weighted by Crippen LogP contribution is -2.47. The van der Waals surface area contributed by atoms with Crippen molar-refractivity contribution in [2.75, 3.05) is 26.2 Å². The van der Waals surface area contributed by atoms with Crippen molar-refractivity contribution in [2.45, 2.75) is 45.1 Å². The second kappa shape index (κ2) is 7.42. The number of nitrogens with zero attached hydrogens (tertiary/aromatic N) is 1. The Labute approximate surface area is 129 Å². The highest BCUT2D eigenvalue weighted by Gasteiger charge is 2.28. The summed E-state index contributed by atoms with van der Waals surface area (Å²) in [5.74, 6) is 1.94. The van der Waals surface area contributed by atoms with Crippen molar-refractivity contribution in [1.29, 1.82) is 0 Å². The summed E-state index contributed by atoms with van der Waals surface area (Å²) in [6.07, 6.45) is 7.20. The topological polar surface area (TPSA) is 15.3 Å². The Hall–Kier alpha value is -0.860. The van der Waals surface area contributed by atoms with Gasteiger partial charge in [0.05, 0.1) is 0 Å². The molecule has 1 aromatic carbocycles. The van der Waals surface area contributed by atoms with Gasteiger partial charge in [-0.25, -0.2) is 0 Å². The first-order valence-electron chi connectivity index (χ1n) is 8.86. The van der Waals surface area contributed by atoms with E-state index < -0.39 is 0 Å². The summed E-state index contributed by atoms with van der Waals surface area (Å²) in [5, 5.41) is 3.58. The number of rotatable bonds is 4. The van der Waals surface area contributed by atoms with Crippen LogP contribution >= 0.6 is 0 Å². The minimum atomic E-state index is 0.573. The van der Waals surface area contributed by atoms with Gasteiger partial charge in [-0.3, -0.25) is 4.90 Å². The van der Waals surface area contributed by atoms with Crippen molar-refractivity contribution in [3.05, 3.63) is 35.9 Å². The average molecular weight is 286 g/mol. The van der Waals surface area contributed by atoms with Gasteiger partial charge in [0.2, 0.25) is 0 Å². The molecular weight excluding hydrogens is 256 g/mol. The van der Waals surface area contributed by atoms with Gasteiger partial charge in [-0.15, -0.1) is 0 Å². The molecule has 2 aliphatic rings. The highest BCUT2D eigenvalue weighted by molar-refractivity contribution is 5.20. The zero-order valence-electron chi connectivity index (χ0n) is 13.4. The van der Waals surface area contributed by atoms with Crippen molar-refractivity contribution in [3.8, 4) is 0 Å². The summed E-state index contributed by atoms with van der Waals surface area (Å²) in [6, 6.07) is 11.6. The van der Waals surface area contributed by atoms with Crippen molar-refractivity contribution in [1.82, 2.24) is 10.2 Å². The molecule has 2 heteroatoms. The molecule has 2 fully saturated rings.